The highest BCUT2D eigenvalue weighted by Crippen LogP contribution is 2.40. The zero-order valence-corrected chi connectivity index (χ0v) is 10.9. The van der Waals surface area contributed by atoms with Crippen molar-refractivity contribution in [2.45, 2.75) is 39.0 Å². The van der Waals surface area contributed by atoms with Crippen molar-refractivity contribution in [3.05, 3.63) is 24.0 Å². The molecule has 18 heavy (non-hydrogen) atoms. The SMILES string of the molecule is CCC1(CNC(=O)c2cnccc2N)CCCC1. The second-order valence-electron chi connectivity index (χ2n) is 5.21. The maximum atomic E-state index is 12.0. The molecule has 1 aromatic heterocycles. The summed E-state index contributed by atoms with van der Waals surface area (Å²) in [6.07, 6.45) is 9.22. The minimum atomic E-state index is -0.111. The van der Waals surface area contributed by atoms with Crippen LogP contribution in [0.25, 0.3) is 0 Å². The van der Waals surface area contributed by atoms with Crippen LogP contribution in [0.15, 0.2) is 18.5 Å². The van der Waals surface area contributed by atoms with E-state index in [1.165, 1.54) is 31.9 Å². The Bertz CT molecular complexity index is 425. The number of rotatable bonds is 4. The summed E-state index contributed by atoms with van der Waals surface area (Å²) < 4.78 is 0. The Morgan fingerprint density at radius 2 is 2.22 bits per heavy atom. The lowest BCUT2D eigenvalue weighted by Crippen LogP contribution is -2.35. The van der Waals surface area contributed by atoms with Gasteiger partial charge in [0.25, 0.3) is 5.91 Å². The van der Waals surface area contributed by atoms with Crippen molar-refractivity contribution in [2.24, 2.45) is 5.41 Å². The standard InChI is InChI=1S/C14H21N3O/c1-2-14(6-3-4-7-14)10-17-13(18)11-9-16-8-5-12(11)15/h5,8-9H,2-4,6-7,10H2,1H3,(H2,15,16)(H,17,18). The molecule has 0 aliphatic heterocycles. The van der Waals surface area contributed by atoms with Crippen LogP contribution < -0.4 is 11.1 Å². The second kappa shape index (κ2) is 5.38. The number of nitrogens with one attached hydrogen (secondary N) is 1. The van der Waals surface area contributed by atoms with Crippen molar-refractivity contribution in [1.82, 2.24) is 10.3 Å². The smallest absolute Gasteiger partial charge is 0.254 e. The summed E-state index contributed by atoms with van der Waals surface area (Å²) in [4.78, 5) is 16.0. The van der Waals surface area contributed by atoms with Crippen LogP contribution in [-0.2, 0) is 0 Å². The molecule has 1 heterocycles. The van der Waals surface area contributed by atoms with Gasteiger partial charge in [-0.1, -0.05) is 19.8 Å². The average molecular weight is 247 g/mol. The molecule has 0 radical (unpaired) electrons. The lowest BCUT2D eigenvalue weighted by molar-refractivity contribution is 0.0929. The van der Waals surface area contributed by atoms with Crippen LogP contribution in [0.1, 0.15) is 49.4 Å². The van der Waals surface area contributed by atoms with Gasteiger partial charge in [-0.2, -0.15) is 0 Å². The molecule has 4 nitrogen and oxygen atoms in total. The van der Waals surface area contributed by atoms with E-state index in [1.54, 1.807) is 12.3 Å². The van der Waals surface area contributed by atoms with E-state index in [9.17, 15) is 4.79 Å². The predicted octanol–water partition coefficient (Wildman–Crippen LogP) is 2.36. The second-order valence-corrected chi connectivity index (χ2v) is 5.21. The molecule has 0 saturated heterocycles. The van der Waals surface area contributed by atoms with E-state index in [2.05, 4.69) is 17.2 Å². The molecule has 0 spiro atoms. The monoisotopic (exact) mass is 247 g/mol. The van der Waals surface area contributed by atoms with Gasteiger partial charge in [0.05, 0.1) is 5.56 Å². The van der Waals surface area contributed by atoms with E-state index in [0.29, 0.717) is 16.7 Å². The fourth-order valence-electron chi connectivity index (χ4n) is 2.74. The van der Waals surface area contributed by atoms with E-state index in [1.807, 2.05) is 0 Å². The van der Waals surface area contributed by atoms with Crippen LogP contribution in [0, 0.1) is 5.41 Å². The summed E-state index contributed by atoms with van der Waals surface area (Å²) in [5.74, 6) is -0.111. The Morgan fingerprint density at radius 1 is 1.50 bits per heavy atom. The Morgan fingerprint density at radius 3 is 2.83 bits per heavy atom. The number of pyridine rings is 1. The number of amides is 1. The zero-order chi connectivity index (χ0) is 13.0. The van der Waals surface area contributed by atoms with Crippen molar-refractivity contribution in [2.75, 3.05) is 12.3 Å². The average Bonchev–Trinajstić information content (AvgIpc) is 2.86. The minimum absolute atomic E-state index is 0.111. The molecular weight excluding hydrogens is 226 g/mol. The van der Waals surface area contributed by atoms with E-state index < -0.39 is 0 Å². The van der Waals surface area contributed by atoms with Gasteiger partial charge in [0, 0.05) is 24.6 Å². The van der Waals surface area contributed by atoms with Crippen LogP contribution in [0.3, 0.4) is 0 Å². The highest BCUT2D eigenvalue weighted by atomic mass is 16.1. The maximum absolute atomic E-state index is 12.0. The molecule has 0 aromatic carbocycles. The molecule has 1 aromatic rings. The predicted molar refractivity (Wildman–Crippen MR) is 72.2 cm³/mol. The number of carbonyl (C=O) groups excluding carboxylic acids is 1. The third kappa shape index (κ3) is 2.63. The normalized spacial score (nSPS) is 17.6. The number of nitrogen functional groups attached to an aromatic ring is 1. The third-order valence-electron chi connectivity index (χ3n) is 4.14. The maximum Gasteiger partial charge on any atom is 0.254 e. The summed E-state index contributed by atoms with van der Waals surface area (Å²) in [5.41, 5.74) is 7.03. The molecule has 1 fully saturated rings. The van der Waals surface area contributed by atoms with Crippen LogP contribution in [0.2, 0.25) is 0 Å². The largest absolute Gasteiger partial charge is 0.398 e. The van der Waals surface area contributed by atoms with E-state index in [0.717, 1.165) is 13.0 Å². The first-order valence-electron chi connectivity index (χ1n) is 6.64. The molecular formula is C14H21N3O. The van der Waals surface area contributed by atoms with Crippen LogP contribution in [-0.4, -0.2) is 17.4 Å². The van der Waals surface area contributed by atoms with Crippen molar-refractivity contribution < 1.29 is 4.79 Å². The van der Waals surface area contributed by atoms with Crippen molar-refractivity contribution in [1.29, 1.82) is 0 Å². The summed E-state index contributed by atoms with van der Waals surface area (Å²) in [7, 11) is 0. The topological polar surface area (TPSA) is 68.0 Å². The molecule has 4 heteroatoms. The molecule has 0 bridgehead atoms. The fraction of sp³-hybridized carbons (Fsp3) is 0.571. The first kappa shape index (κ1) is 12.9. The Hall–Kier alpha value is -1.58. The minimum Gasteiger partial charge on any atom is -0.398 e. The van der Waals surface area contributed by atoms with Gasteiger partial charge in [-0.3, -0.25) is 9.78 Å². The Labute approximate surface area is 108 Å². The molecule has 0 atom stereocenters. The van der Waals surface area contributed by atoms with Gasteiger partial charge < -0.3 is 11.1 Å². The number of nitrogens with two attached hydrogens (primary N) is 1. The van der Waals surface area contributed by atoms with E-state index in [-0.39, 0.29) is 5.91 Å². The van der Waals surface area contributed by atoms with Crippen molar-refractivity contribution >= 4 is 11.6 Å². The zero-order valence-electron chi connectivity index (χ0n) is 10.9. The van der Waals surface area contributed by atoms with E-state index >= 15 is 0 Å². The lowest BCUT2D eigenvalue weighted by atomic mass is 9.83. The summed E-state index contributed by atoms with van der Waals surface area (Å²) >= 11 is 0. The number of hydrogen-bond donors (Lipinski definition) is 2. The first-order chi connectivity index (χ1) is 8.67. The molecule has 3 N–H and O–H groups in total. The Balaban J connectivity index is 1.98. The van der Waals surface area contributed by atoms with Gasteiger partial charge in [0.2, 0.25) is 0 Å². The van der Waals surface area contributed by atoms with Crippen molar-refractivity contribution in [3.63, 3.8) is 0 Å². The summed E-state index contributed by atoms with van der Waals surface area (Å²) in [6.45, 7) is 2.95. The van der Waals surface area contributed by atoms with Crippen LogP contribution in [0.4, 0.5) is 5.69 Å². The molecule has 1 amide bonds. The molecule has 2 rings (SSSR count). The summed E-state index contributed by atoms with van der Waals surface area (Å²) in [6, 6.07) is 1.65. The van der Waals surface area contributed by atoms with Gasteiger partial charge >= 0.3 is 0 Å². The summed E-state index contributed by atoms with van der Waals surface area (Å²) in [5, 5.41) is 3.01. The van der Waals surface area contributed by atoms with Gasteiger partial charge in [-0.05, 0) is 30.7 Å². The molecule has 1 saturated carbocycles. The number of nitrogens with zero attached hydrogens (tertiary/aromatic N) is 1. The molecule has 98 valence electrons. The first-order valence-corrected chi connectivity index (χ1v) is 6.64. The Kier molecular flexibility index (Phi) is 3.84. The van der Waals surface area contributed by atoms with Crippen molar-refractivity contribution in [3.8, 4) is 0 Å². The number of aromatic nitrogens is 1. The number of anilines is 1. The van der Waals surface area contributed by atoms with Gasteiger partial charge in [-0.25, -0.2) is 0 Å². The van der Waals surface area contributed by atoms with Crippen LogP contribution >= 0.6 is 0 Å². The highest BCUT2D eigenvalue weighted by molar-refractivity contribution is 5.98. The molecule has 1 aliphatic rings. The van der Waals surface area contributed by atoms with Gasteiger partial charge in [0.15, 0.2) is 0 Å². The fourth-order valence-corrected chi connectivity index (χ4v) is 2.74. The van der Waals surface area contributed by atoms with Gasteiger partial charge in [-0.15, -0.1) is 0 Å². The number of hydrogen-bond acceptors (Lipinski definition) is 3. The van der Waals surface area contributed by atoms with Gasteiger partial charge in [0.1, 0.15) is 0 Å². The quantitative estimate of drug-likeness (QED) is 0.858. The van der Waals surface area contributed by atoms with Crippen LogP contribution in [0.5, 0.6) is 0 Å². The third-order valence-corrected chi connectivity index (χ3v) is 4.14. The van der Waals surface area contributed by atoms with E-state index in [4.69, 9.17) is 5.73 Å². The highest BCUT2D eigenvalue weighted by Gasteiger charge is 2.32. The molecule has 0 unspecified atom stereocenters. The molecule has 1 aliphatic carbocycles. The number of carbonyl (C=O) groups is 1. The lowest BCUT2D eigenvalue weighted by Gasteiger charge is -2.27.